The minimum Gasteiger partial charge on any atom is -0.491 e. The molecule has 0 saturated carbocycles. The van der Waals surface area contributed by atoms with Crippen LogP contribution >= 0.6 is 0 Å². The van der Waals surface area contributed by atoms with Crippen molar-refractivity contribution in [1.29, 1.82) is 0 Å². The Morgan fingerprint density at radius 2 is 1.76 bits per heavy atom. The van der Waals surface area contributed by atoms with Gasteiger partial charge in [-0.3, -0.25) is 9.36 Å². The highest BCUT2D eigenvalue weighted by molar-refractivity contribution is 5.94. The lowest BCUT2D eigenvalue weighted by molar-refractivity contribution is -0.147. The van der Waals surface area contributed by atoms with Crippen LogP contribution in [-0.2, 0) is 13.2 Å². The molecule has 3 rings (SSSR count). The van der Waals surface area contributed by atoms with Gasteiger partial charge in [-0.2, -0.15) is 13.2 Å². The molecule has 10 heteroatoms. The van der Waals surface area contributed by atoms with Gasteiger partial charge in [0.1, 0.15) is 5.75 Å². The zero-order valence-corrected chi connectivity index (χ0v) is 16.4. The van der Waals surface area contributed by atoms with E-state index in [-0.39, 0.29) is 12.0 Å². The summed E-state index contributed by atoms with van der Waals surface area (Å²) in [5.74, 6) is -0.709. The van der Waals surface area contributed by atoms with Crippen LogP contribution in [0.25, 0.3) is 0 Å². The molecule has 0 bridgehead atoms. The van der Waals surface area contributed by atoms with E-state index in [0.29, 0.717) is 41.8 Å². The number of alkyl halides is 3. The summed E-state index contributed by atoms with van der Waals surface area (Å²) in [6.07, 6.45) is -3.95. The van der Waals surface area contributed by atoms with E-state index in [9.17, 15) is 22.8 Å². The Morgan fingerprint density at radius 1 is 1.17 bits per heavy atom. The summed E-state index contributed by atoms with van der Waals surface area (Å²) in [4.78, 5) is 26.5. The van der Waals surface area contributed by atoms with Crippen molar-refractivity contribution in [3.63, 3.8) is 0 Å². The van der Waals surface area contributed by atoms with E-state index in [4.69, 9.17) is 4.74 Å². The zero-order chi connectivity index (χ0) is 21.3. The van der Waals surface area contributed by atoms with Crippen LogP contribution in [0.5, 0.6) is 5.75 Å². The van der Waals surface area contributed by atoms with Crippen LogP contribution in [0.15, 0.2) is 29.1 Å². The van der Waals surface area contributed by atoms with Crippen LogP contribution in [0.4, 0.5) is 13.2 Å². The summed E-state index contributed by atoms with van der Waals surface area (Å²) in [6.45, 7) is 4.48. The van der Waals surface area contributed by atoms with Crippen LogP contribution in [0, 0.1) is 0 Å². The van der Waals surface area contributed by atoms with E-state index in [1.807, 2.05) is 13.8 Å². The second-order valence-corrected chi connectivity index (χ2v) is 7.32. The van der Waals surface area contributed by atoms with Gasteiger partial charge in [0.15, 0.2) is 0 Å². The number of nitrogens with zero attached hydrogens (tertiary/aromatic N) is 4. The van der Waals surface area contributed by atoms with Crippen LogP contribution in [0.2, 0.25) is 0 Å². The highest BCUT2D eigenvalue weighted by Crippen LogP contribution is 2.28. The Labute approximate surface area is 165 Å². The number of hydrogen-bond acceptors (Lipinski definition) is 4. The molecule has 1 aromatic carbocycles. The fourth-order valence-corrected chi connectivity index (χ4v) is 3.39. The smallest absolute Gasteiger partial charge is 0.451 e. The number of aromatic nitrogens is 3. The molecular formula is C19H23F3N4O3. The highest BCUT2D eigenvalue weighted by Gasteiger charge is 2.39. The summed E-state index contributed by atoms with van der Waals surface area (Å²) in [7, 11) is 1.06. The Hall–Kier alpha value is -2.78. The largest absolute Gasteiger partial charge is 0.491 e. The van der Waals surface area contributed by atoms with E-state index in [2.05, 4.69) is 5.10 Å². The number of benzene rings is 1. The third-order valence-corrected chi connectivity index (χ3v) is 4.83. The van der Waals surface area contributed by atoms with Gasteiger partial charge in [0.05, 0.1) is 12.1 Å². The monoisotopic (exact) mass is 412 g/mol. The second kappa shape index (κ2) is 7.92. The number of hydrogen-bond donors (Lipinski definition) is 0. The van der Waals surface area contributed by atoms with E-state index in [1.54, 1.807) is 29.2 Å². The predicted octanol–water partition coefficient (Wildman–Crippen LogP) is 2.87. The first-order valence-corrected chi connectivity index (χ1v) is 9.36. The van der Waals surface area contributed by atoms with E-state index >= 15 is 0 Å². The highest BCUT2D eigenvalue weighted by atomic mass is 19.4. The Kier molecular flexibility index (Phi) is 5.72. The Morgan fingerprint density at radius 3 is 2.24 bits per heavy atom. The van der Waals surface area contributed by atoms with Crippen molar-refractivity contribution in [2.24, 2.45) is 7.05 Å². The molecule has 2 aromatic rings. The fourth-order valence-electron chi connectivity index (χ4n) is 3.39. The van der Waals surface area contributed by atoms with Gasteiger partial charge in [-0.15, -0.1) is 5.10 Å². The van der Waals surface area contributed by atoms with Crippen molar-refractivity contribution in [2.45, 2.75) is 45.0 Å². The predicted molar refractivity (Wildman–Crippen MR) is 98.9 cm³/mol. The van der Waals surface area contributed by atoms with Crippen molar-refractivity contribution >= 4 is 5.91 Å². The molecule has 0 atom stereocenters. The zero-order valence-electron chi connectivity index (χ0n) is 16.4. The minimum absolute atomic E-state index is 0.0310. The standard InChI is InChI=1S/C19H23F3N4O3/c1-12(2)29-15-6-4-13(5-7-15)16(27)25-10-8-14(9-11-25)26-18(28)24(3)17(23-26)19(20,21)22/h4-7,12,14H,8-11H2,1-3H3. The number of carbonyl (C=O) groups is 1. The van der Waals surface area contributed by atoms with Crippen LogP contribution in [-0.4, -0.2) is 44.3 Å². The summed E-state index contributed by atoms with van der Waals surface area (Å²) in [5, 5.41) is 3.49. The molecule has 2 heterocycles. The first-order chi connectivity index (χ1) is 13.6. The second-order valence-electron chi connectivity index (χ2n) is 7.32. The first kappa shape index (κ1) is 20.9. The fraction of sp³-hybridized carbons (Fsp3) is 0.526. The van der Waals surface area contributed by atoms with Gasteiger partial charge in [0, 0.05) is 25.7 Å². The number of carbonyl (C=O) groups excluding carboxylic acids is 1. The number of halogens is 3. The molecule has 1 aromatic heterocycles. The molecule has 1 aliphatic heterocycles. The molecule has 158 valence electrons. The maximum Gasteiger partial charge on any atom is 0.451 e. The molecule has 0 aliphatic carbocycles. The topological polar surface area (TPSA) is 69.4 Å². The van der Waals surface area contributed by atoms with Crippen molar-refractivity contribution < 1.29 is 22.7 Å². The molecule has 29 heavy (non-hydrogen) atoms. The molecule has 1 aliphatic rings. The summed E-state index contributed by atoms with van der Waals surface area (Å²) in [6, 6.07) is 6.35. The van der Waals surface area contributed by atoms with E-state index in [1.165, 1.54) is 0 Å². The van der Waals surface area contributed by atoms with Gasteiger partial charge in [-0.05, 0) is 51.0 Å². The van der Waals surface area contributed by atoms with Gasteiger partial charge < -0.3 is 9.64 Å². The number of rotatable bonds is 4. The third kappa shape index (κ3) is 4.46. The first-order valence-electron chi connectivity index (χ1n) is 9.36. The van der Waals surface area contributed by atoms with Crippen LogP contribution < -0.4 is 10.4 Å². The minimum atomic E-state index is -4.69. The van der Waals surface area contributed by atoms with Crippen molar-refractivity contribution in [1.82, 2.24) is 19.2 Å². The Balaban J connectivity index is 1.66. The quantitative estimate of drug-likeness (QED) is 0.775. The van der Waals surface area contributed by atoms with Crippen molar-refractivity contribution in [3.05, 3.63) is 46.1 Å². The summed E-state index contributed by atoms with van der Waals surface area (Å²) < 4.78 is 45.9. The molecule has 7 nitrogen and oxygen atoms in total. The molecule has 1 amide bonds. The maximum atomic E-state index is 13.0. The van der Waals surface area contributed by atoms with Gasteiger partial charge in [0.25, 0.3) is 5.91 Å². The lowest BCUT2D eigenvalue weighted by atomic mass is 10.0. The molecule has 0 spiro atoms. The molecular weight excluding hydrogens is 389 g/mol. The average Bonchev–Trinajstić information content (AvgIpc) is 2.97. The van der Waals surface area contributed by atoms with Gasteiger partial charge in [-0.25, -0.2) is 9.48 Å². The summed E-state index contributed by atoms with van der Waals surface area (Å²) in [5.41, 5.74) is -0.295. The SMILES string of the molecule is CC(C)Oc1ccc(C(=O)N2CCC(n3nc(C(F)(F)F)n(C)c3=O)CC2)cc1. The number of amides is 1. The lowest BCUT2D eigenvalue weighted by Crippen LogP contribution is -2.41. The molecule has 0 radical (unpaired) electrons. The molecule has 0 N–H and O–H groups in total. The van der Waals surface area contributed by atoms with Crippen molar-refractivity contribution in [3.8, 4) is 5.75 Å². The number of piperidine rings is 1. The summed E-state index contributed by atoms with van der Waals surface area (Å²) >= 11 is 0. The van der Waals surface area contributed by atoms with E-state index < -0.39 is 23.7 Å². The Bertz CT molecular complexity index is 924. The van der Waals surface area contributed by atoms with Crippen molar-refractivity contribution in [2.75, 3.05) is 13.1 Å². The number of ether oxygens (including phenoxy) is 1. The maximum absolute atomic E-state index is 13.0. The van der Waals surface area contributed by atoms with Gasteiger partial charge >= 0.3 is 11.9 Å². The van der Waals surface area contributed by atoms with Gasteiger partial charge in [0.2, 0.25) is 5.82 Å². The molecule has 0 unspecified atom stereocenters. The molecule has 1 fully saturated rings. The number of likely N-dealkylation sites (tertiary alicyclic amines) is 1. The molecule has 1 saturated heterocycles. The lowest BCUT2D eigenvalue weighted by Gasteiger charge is -2.31. The van der Waals surface area contributed by atoms with E-state index in [0.717, 1.165) is 11.7 Å². The van der Waals surface area contributed by atoms with Gasteiger partial charge in [-0.1, -0.05) is 0 Å². The normalized spacial score (nSPS) is 15.8. The third-order valence-electron chi connectivity index (χ3n) is 4.83. The average molecular weight is 412 g/mol. The van der Waals surface area contributed by atoms with Crippen LogP contribution in [0.1, 0.15) is 48.9 Å². The van der Waals surface area contributed by atoms with Crippen LogP contribution in [0.3, 0.4) is 0 Å².